The summed E-state index contributed by atoms with van der Waals surface area (Å²) < 4.78 is 28.2. The number of imide groups is 1. The normalized spacial score (nSPS) is 18.8. The summed E-state index contributed by atoms with van der Waals surface area (Å²) in [6.45, 7) is 10.7. The molecule has 6 nitrogen and oxygen atoms in total. The van der Waals surface area contributed by atoms with Crippen LogP contribution in [0.25, 0.3) is 0 Å². The number of hydrogen-bond acceptors (Lipinski definition) is 4. The highest BCUT2D eigenvalue weighted by atomic mass is 32.2. The fourth-order valence-electron chi connectivity index (χ4n) is 3.12. The van der Waals surface area contributed by atoms with Gasteiger partial charge in [0.2, 0.25) is 21.8 Å². The Bertz CT molecular complexity index is 786. The van der Waals surface area contributed by atoms with Gasteiger partial charge in [-0.25, -0.2) is 8.42 Å². The molecule has 0 bridgehead atoms. The maximum atomic E-state index is 12.9. The molecule has 24 heavy (non-hydrogen) atoms. The van der Waals surface area contributed by atoms with Gasteiger partial charge in [-0.05, 0) is 63.8 Å². The van der Waals surface area contributed by atoms with Gasteiger partial charge >= 0.3 is 0 Å². The van der Waals surface area contributed by atoms with Crippen molar-refractivity contribution in [2.24, 2.45) is 0 Å². The van der Waals surface area contributed by atoms with E-state index in [1.54, 1.807) is 27.7 Å². The summed E-state index contributed by atoms with van der Waals surface area (Å²) in [5.74, 6) is -0.838. The van der Waals surface area contributed by atoms with Crippen LogP contribution in [-0.4, -0.2) is 37.2 Å². The van der Waals surface area contributed by atoms with Crippen LogP contribution in [0, 0.1) is 27.7 Å². The zero-order valence-corrected chi connectivity index (χ0v) is 15.7. The molecule has 1 aromatic carbocycles. The van der Waals surface area contributed by atoms with Crippen molar-refractivity contribution in [3.05, 3.63) is 28.3 Å². The third-order valence-electron chi connectivity index (χ3n) is 4.56. The maximum Gasteiger partial charge on any atom is 0.248 e. The van der Waals surface area contributed by atoms with E-state index in [9.17, 15) is 18.0 Å². The van der Waals surface area contributed by atoms with Crippen LogP contribution in [0.3, 0.4) is 0 Å². The van der Waals surface area contributed by atoms with Gasteiger partial charge in [0.15, 0.2) is 0 Å². The monoisotopic (exact) mass is 352 g/mol. The van der Waals surface area contributed by atoms with Crippen molar-refractivity contribution in [2.45, 2.75) is 64.9 Å². The average Bonchev–Trinajstić information content (AvgIpc) is 2.70. The van der Waals surface area contributed by atoms with E-state index in [0.29, 0.717) is 11.1 Å². The molecule has 1 unspecified atom stereocenters. The van der Waals surface area contributed by atoms with Gasteiger partial charge < -0.3 is 0 Å². The number of likely N-dealkylation sites (tertiary alicyclic amines) is 1. The van der Waals surface area contributed by atoms with E-state index in [0.717, 1.165) is 16.0 Å². The average molecular weight is 352 g/mol. The Hall–Kier alpha value is -1.73. The van der Waals surface area contributed by atoms with Crippen LogP contribution in [0.4, 0.5) is 0 Å². The highest BCUT2D eigenvalue weighted by Crippen LogP contribution is 2.27. The van der Waals surface area contributed by atoms with Crippen molar-refractivity contribution < 1.29 is 18.0 Å². The number of nitrogens with one attached hydrogen (secondary N) is 1. The largest absolute Gasteiger partial charge is 0.279 e. The molecule has 1 saturated heterocycles. The number of hydrogen-bond donors (Lipinski definition) is 1. The fraction of sp³-hybridized carbons (Fsp3) is 0.529. The first-order chi connectivity index (χ1) is 11.0. The lowest BCUT2D eigenvalue weighted by atomic mass is 10.0. The van der Waals surface area contributed by atoms with Crippen LogP contribution < -0.4 is 4.72 Å². The van der Waals surface area contributed by atoms with Crippen molar-refractivity contribution in [1.82, 2.24) is 9.62 Å². The van der Waals surface area contributed by atoms with Gasteiger partial charge in [-0.15, -0.1) is 0 Å². The molecule has 1 N–H and O–H groups in total. The lowest BCUT2D eigenvalue weighted by Gasteiger charge is -2.20. The number of amides is 2. The number of nitrogens with zero attached hydrogens (tertiary/aromatic N) is 1. The summed E-state index contributed by atoms with van der Waals surface area (Å²) in [5.41, 5.74) is 3.05. The number of rotatable bonds is 4. The van der Waals surface area contributed by atoms with E-state index in [-0.39, 0.29) is 23.3 Å². The second-order valence-corrected chi connectivity index (χ2v) is 8.31. The van der Waals surface area contributed by atoms with Gasteiger partial charge in [-0.3, -0.25) is 14.5 Å². The standard InChI is InChI=1S/C17H24N2O4S/c1-9(2)19-15(20)8-14(17(19)21)18-24(22,23)16-12(5)10(3)7-11(4)13(16)6/h7,9,14,18H,8H2,1-6H3. The third kappa shape index (κ3) is 3.10. The molecule has 1 heterocycles. The Kier molecular flexibility index (Phi) is 4.88. The predicted octanol–water partition coefficient (Wildman–Crippen LogP) is 1.73. The molecule has 0 saturated carbocycles. The van der Waals surface area contributed by atoms with Crippen LogP contribution in [0.15, 0.2) is 11.0 Å². The van der Waals surface area contributed by atoms with Gasteiger partial charge in [-0.2, -0.15) is 4.72 Å². The number of sulfonamides is 1. The molecule has 1 fully saturated rings. The van der Waals surface area contributed by atoms with Gasteiger partial charge in [0.25, 0.3) is 0 Å². The quantitative estimate of drug-likeness (QED) is 0.837. The lowest BCUT2D eigenvalue weighted by Crippen LogP contribution is -2.44. The van der Waals surface area contributed by atoms with E-state index in [1.807, 2.05) is 19.9 Å². The zero-order chi connectivity index (χ0) is 18.4. The summed E-state index contributed by atoms with van der Waals surface area (Å²) in [5, 5.41) is 0. The molecular weight excluding hydrogens is 328 g/mol. The highest BCUT2D eigenvalue weighted by molar-refractivity contribution is 7.89. The smallest absolute Gasteiger partial charge is 0.248 e. The van der Waals surface area contributed by atoms with Crippen molar-refractivity contribution in [2.75, 3.05) is 0 Å². The van der Waals surface area contributed by atoms with Crippen molar-refractivity contribution in [1.29, 1.82) is 0 Å². The third-order valence-corrected chi connectivity index (χ3v) is 6.31. The first kappa shape index (κ1) is 18.6. The maximum absolute atomic E-state index is 12.9. The molecule has 2 amide bonds. The Balaban J connectivity index is 2.41. The molecular formula is C17H24N2O4S. The SMILES string of the molecule is Cc1cc(C)c(C)c(S(=O)(=O)NC2CC(=O)N(C(C)C)C2=O)c1C. The Morgan fingerprint density at radius 1 is 1.08 bits per heavy atom. The zero-order valence-electron chi connectivity index (χ0n) is 14.9. The van der Waals surface area contributed by atoms with Crippen LogP contribution in [0.5, 0.6) is 0 Å². The fourth-order valence-corrected chi connectivity index (χ4v) is 4.92. The molecule has 1 aliphatic rings. The number of carbonyl (C=O) groups excluding carboxylic acids is 2. The summed E-state index contributed by atoms with van der Waals surface area (Å²) in [6.07, 6.45) is -0.140. The van der Waals surface area contributed by atoms with Gasteiger partial charge in [0.05, 0.1) is 11.3 Å². The Morgan fingerprint density at radius 3 is 2.00 bits per heavy atom. The molecule has 1 atom stereocenters. The summed E-state index contributed by atoms with van der Waals surface area (Å²) in [6, 6.07) is 0.614. The minimum atomic E-state index is -3.91. The van der Waals surface area contributed by atoms with Crippen LogP contribution in [0.2, 0.25) is 0 Å². The van der Waals surface area contributed by atoms with Crippen LogP contribution in [-0.2, 0) is 19.6 Å². The number of carbonyl (C=O) groups is 2. The second-order valence-electron chi connectivity index (χ2n) is 6.66. The number of benzene rings is 1. The molecule has 2 rings (SSSR count). The topological polar surface area (TPSA) is 83.6 Å². The Labute approximate surface area is 143 Å². The molecule has 1 aliphatic heterocycles. The molecule has 0 radical (unpaired) electrons. The van der Waals surface area contributed by atoms with Gasteiger partial charge in [0, 0.05) is 6.04 Å². The van der Waals surface area contributed by atoms with Gasteiger partial charge in [-0.1, -0.05) is 6.07 Å². The molecule has 7 heteroatoms. The molecule has 0 aliphatic carbocycles. The van der Waals surface area contributed by atoms with E-state index in [4.69, 9.17) is 0 Å². The number of aryl methyl sites for hydroxylation is 2. The summed E-state index contributed by atoms with van der Waals surface area (Å²) in [4.78, 5) is 25.6. The van der Waals surface area contributed by atoms with Crippen molar-refractivity contribution in [3.8, 4) is 0 Å². The summed E-state index contributed by atoms with van der Waals surface area (Å²) in [7, 11) is -3.91. The molecule has 0 aromatic heterocycles. The first-order valence-electron chi connectivity index (χ1n) is 7.93. The van der Waals surface area contributed by atoms with Crippen LogP contribution in [0.1, 0.15) is 42.5 Å². The van der Waals surface area contributed by atoms with Crippen molar-refractivity contribution >= 4 is 21.8 Å². The second kappa shape index (κ2) is 6.29. The first-order valence-corrected chi connectivity index (χ1v) is 9.41. The molecule has 1 aromatic rings. The van der Waals surface area contributed by atoms with E-state index >= 15 is 0 Å². The Morgan fingerprint density at radius 2 is 1.58 bits per heavy atom. The highest BCUT2D eigenvalue weighted by Gasteiger charge is 2.42. The minimum Gasteiger partial charge on any atom is -0.279 e. The summed E-state index contributed by atoms with van der Waals surface area (Å²) >= 11 is 0. The van der Waals surface area contributed by atoms with Crippen LogP contribution >= 0.6 is 0 Å². The minimum absolute atomic E-state index is 0.140. The van der Waals surface area contributed by atoms with E-state index < -0.39 is 22.0 Å². The van der Waals surface area contributed by atoms with E-state index in [1.165, 1.54) is 0 Å². The molecule has 132 valence electrons. The lowest BCUT2D eigenvalue weighted by molar-refractivity contribution is -0.140. The van der Waals surface area contributed by atoms with Crippen molar-refractivity contribution in [3.63, 3.8) is 0 Å². The molecule has 0 spiro atoms. The predicted molar refractivity (Wildman–Crippen MR) is 91.1 cm³/mol. The van der Waals surface area contributed by atoms with Gasteiger partial charge in [0.1, 0.15) is 6.04 Å². The van der Waals surface area contributed by atoms with E-state index in [2.05, 4.69) is 4.72 Å².